The van der Waals surface area contributed by atoms with E-state index in [9.17, 15) is 39.6 Å². The molecule has 3 fully saturated rings. The Hall–Kier alpha value is -3.55. The second-order valence-corrected chi connectivity index (χ2v) is 16.3. The number of phenolic OH excluding ortho intramolecular Hbond substituents is 2. The lowest BCUT2D eigenvalue weighted by Gasteiger charge is -2.48. The molecule has 2 aromatic rings. The molecule has 3 heterocycles. The molecular formula is C42H54ClNO15. The average molecular weight is 848 g/mol. The molecule has 7 rings (SSSR count). The van der Waals surface area contributed by atoms with Crippen molar-refractivity contribution in [3.05, 3.63) is 57.6 Å². The number of Topliss-reactive ketones (excluding diaryl/α,β-unsaturated/α-hetero) is 1. The lowest BCUT2D eigenvalue weighted by molar-refractivity contribution is -0.324. The molecule has 2 aromatic carbocycles. The van der Waals surface area contributed by atoms with E-state index in [1.807, 2.05) is 19.0 Å². The van der Waals surface area contributed by atoms with Crippen LogP contribution in [0.15, 0.2) is 24.3 Å². The van der Waals surface area contributed by atoms with Crippen LogP contribution in [-0.2, 0) is 42.7 Å². The molecule has 59 heavy (non-hydrogen) atoms. The number of hydrogen-bond donors (Lipinski definition) is 4. The summed E-state index contributed by atoms with van der Waals surface area (Å²) in [5.74, 6) is -4.59. The second kappa shape index (κ2) is 17.4. The summed E-state index contributed by atoms with van der Waals surface area (Å²) in [5, 5.41) is 45.9. The monoisotopic (exact) mass is 847 g/mol. The number of carbonyl (C=O) groups excluding carboxylic acids is 4. The minimum Gasteiger partial charge on any atom is -0.507 e. The van der Waals surface area contributed by atoms with E-state index in [-0.39, 0.29) is 83.3 Å². The first-order valence-corrected chi connectivity index (χ1v) is 19.9. The number of esters is 1. The second-order valence-electron chi connectivity index (χ2n) is 16.3. The van der Waals surface area contributed by atoms with Crippen LogP contribution in [0.5, 0.6) is 11.5 Å². The average Bonchev–Trinajstić information content (AvgIpc) is 3.17. The third kappa shape index (κ3) is 8.16. The quantitative estimate of drug-likeness (QED) is 0.226. The van der Waals surface area contributed by atoms with Gasteiger partial charge in [0.2, 0.25) is 5.78 Å². The highest BCUT2D eigenvalue weighted by Gasteiger charge is 2.53. The van der Waals surface area contributed by atoms with E-state index in [1.54, 1.807) is 27.7 Å². The summed E-state index contributed by atoms with van der Waals surface area (Å²) in [6.07, 6.45) is -6.64. The number of rotatable bonds is 9. The summed E-state index contributed by atoms with van der Waals surface area (Å²) in [6.45, 7) is 6.95. The van der Waals surface area contributed by atoms with Crippen LogP contribution >= 0.6 is 12.4 Å². The molecule has 13 atom stereocenters. The predicted molar refractivity (Wildman–Crippen MR) is 208 cm³/mol. The number of carbonyl (C=O) groups is 4. The fourth-order valence-electron chi connectivity index (χ4n) is 9.27. The van der Waals surface area contributed by atoms with Crippen molar-refractivity contribution in [2.45, 2.75) is 145 Å². The highest BCUT2D eigenvalue weighted by molar-refractivity contribution is 6.30. The molecule has 0 radical (unpaired) electrons. The lowest BCUT2D eigenvalue weighted by atomic mass is 9.67. The van der Waals surface area contributed by atoms with Crippen LogP contribution in [0.1, 0.15) is 121 Å². The number of benzene rings is 2. The smallest absolute Gasteiger partial charge is 0.316 e. The van der Waals surface area contributed by atoms with Gasteiger partial charge in [-0.05, 0) is 59.0 Å². The number of ketones is 3. The van der Waals surface area contributed by atoms with Gasteiger partial charge in [-0.3, -0.25) is 19.2 Å². The molecule has 17 heteroatoms. The highest BCUT2D eigenvalue weighted by Crippen LogP contribution is 2.54. The Labute approximate surface area is 348 Å². The van der Waals surface area contributed by atoms with Crippen LogP contribution in [-0.4, -0.2) is 137 Å². The number of nitrogens with zero attached hydrogens (tertiary/aromatic N) is 1. The lowest BCUT2D eigenvalue weighted by Crippen LogP contribution is -2.58. The summed E-state index contributed by atoms with van der Waals surface area (Å²) < 4.78 is 42.6. The maximum atomic E-state index is 13.9. The Morgan fingerprint density at radius 2 is 1.56 bits per heavy atom. The molecule has 3 saturated heterocycles. The summed E-state index contributed by atoms with van der Waals surface area (Å²) in [6, 6.07) is 5.11. The van der Waals surface area contributed by atoms with Crippen molar-refractivity contribution >= 4 is 35.7 Å². The molecule has 3 aliphatic heterocycles. The summed E-state index contributed by atoms with van der Waals surface area (Å²) in [7, 11) is 4.91. The van der Waals surface area contributed by atoms with Crippen molar-refractivity contribution in [2.75, 3.05) is 21.2 Å². The number of ether oxygens (including phenoxy) is 7. The van der Waals surface area contributed by atoms with Crippen molar-refractivity contribution in [3.63, 3.8) is 0 Å². The number of halogens is 1. The Morgan fingerprint density at radius 1 is 0.898 bits per heavy atom. The number of phenols is 2. The van der Waals surface area contributed by atoms with Gasteiger partial charge in [-0.15, -0.1) is 12.4 Å². The zero-order valence-electron chi connectivity index (χ0n) is 34.1. The fourth-order valence-corrected chi connectivity index (χ4v) is 9.27. The molecule has 0 spiro atoms. The maximum Gasteiger partial charge on any atom is 0.316 e. The molecule has 0 saturated carbocycles. The van der Waals surface area contributed by atoms with E-state index in [0.29, 0.717) is 12.8 Å². The third-order valence-corrected chi connectivity index (χ3v) is 12.4. The molecule has 16 nitrogen and oxygen atoms in total. The molecule has 0 aromatic heterocycles. The van der Waals surface area contributed by atoms with E-state index in [0.717, 1.165) is 0 Å². The number of likely N-dealkylation sites (N-methyl/N-ethyl adjacent to an activating group) is 1. The van der Waals surface area contributed by atoms with E-state index in [1.165, 1.54) is 31.4 Å². The number of aliphatic hydroxyl groups is 2. The molecule has 0 bridgehead atoms. The normalized spacial score (nSPS) is 35.7. The van der Waals surface area contributed by atoms with Gasteiger partial charge in [0.25, 0.3) is 0 Å². The molecule has 5 aliphatic rings. The van der Waals surface area contributed by atoms with Gasteiger partial charge in [0, 0.05) is 54.8 Å². The van der Waals surface area contributed by atoms with E-state index >= 15 is 0 Å². The van der Waals surface area contributed by atoms with Gasteiger partial charge < -0.3 is 58.5 Å². The van der Waals surface area contributed by atoms with Crippen LogP contribution < -0.4 is 0 Å². The highest BCUT2D eigenvalue weighted by atomic mass is 35.5. The van der Waals surface area contributed by atoms with E-state index < -0.39 is 102 Å². The topological polar surface area (TPSA) is 217 Å². The Bertz CT molecular complexity index is 1950. The number of hydrogen-bond acceptors (Lipinski definition) is 16. The van der Waals surface area contributed by atoms with Gasteiger partial charge in [-0.1, -0.05) is 19.1 Å². The molecule has 324 valence electrons. The molecular weight excluding hydrogens is 794 g/mol. The molecule has 10 unspecified atom stereocenters. The molecule has 2 aliphatic carbocycles. The van der Waals surface area contributed by atoms with Crippen molar-refractivity contribution < 1.29 is 72.8 Å². The minimum atomic E-state index is -1.76. The first kappa shape index (κ1) is 45.0. The van der Waals surface area contributed by atoms with Crippen LogP contribution in [0.3, 0.4) is 0 Å². The zero-order valence-corrected chi connectivity index (χ0v) is 34.9. The molecule has 4 N–H and O–H groups in total. The SMILES string of the molecule is CC[C@@]1(O)C[C@H](OC2CC(N(C)C)C(OC3CC(O)C(OC4CCC(=O)C(C)O4)C(C)O3)C(C)O2)c2c(cc3c(c2O)C(=O)c2c(O)cccc2C3=O)[C@H]1C(=O)OC.Cl. The standard InChI is InChI=1S/C42H53NO15.ClH/c1-8-42(51)17-28(33-22(35(42)41(50)52-7)14-23-34(38(33)49)37(48)32-21(36(23)47)10-9-11-26(32)45)56-30-15-24(43(5)6)39(19(3)54-30)58-31-16-27(46)40(20(4)55-31)57-29-13-12-25(44)18(2)53-29;/h9-11,14,18-20,24,27-31,35,39-40,45-46,49,51H,8,12-13,15-17H2,1-7H3;1H/t18?,19?,20?,24?,27?,28-,29?,30?,31?,35-,39?,40?,42+;/m0./s1. The number of aromatic hydroxyl groups is 2. The maximum absolute atomic E-state index is 13.9. The number of methoxy groups -OCH3 is 1. The van der Waals surface area contributed by atoms with Gasteiger partial charge in [0.1, 0.15) is 35.7 Å². The minimum absolute atomic E-state index is 0. The first-order valence-electron chi connectivity index (χ1n) is 19.9. The Morgan fingerprint density at radius 3 is 2.19 bits per heavy atom. The van der Waals surface area contributed by atoms with Gasteiger partial charge in [0.05, 0.1) is 48.3 Å². The zero-order chi connectivity index (χ0) is 42.0. The molecule has 0 amide bonds. The van der Waals surface area contributed by atoms with Gasteiger partial charge in [-0.25, -0.2) is 0 Å². The van der Waals surface area contributed by atoms with Gasteiger partial charge in [-0.2, -0.15) is 0 Å². The van der Waals surface area contributed by atoms with Crippen LogP contribution in [0.2, 0.25) is 0 Å². The van der Waals surface area contributed by atoms with E-state index in [2.05, 4.69) is 0 Å². The Kier molecular flexibility index (Phi) is 13.3. The summed E-state index contributed by atoms with van der Waals surface area (Å²) >= 11 is 0. The summed E-state index contributed by atoms with van der Waals surface area (Å²) in [4.78, 5) is 55.0. The predicted octanol–water partition coefficient (Wildman–Crippen LogP) is 3.58. The van der Waals surface area contributed by atoms with Crippen LogP contribution in [0.25, 0.3) is 0 Å². The third-order valence-electron chi connectivity index (χ3n) is 12.4. The van der Waals surface area contributed by atoms with Crippen molar-refractivity contribution in [2.24, 2.45) is 0 Å². The fraction of sp³-hybridized carbons (Fsp3) is 0.619. The Balaban J connectivity index is 0.00000585. The number of fused-ring (bicyclic) bond motifs is 3. The van der Waals surface area contributed by atoms with Crippen molar-refractivity contribution in [1.82, 2.24) is 4.90 Å². The van der Waals surface area contributed by atoms with Crippen LogP contribution in [0.4, 0.5) is 0 Å². The van der Waals surface area contributed by atoms with Gasteiger partial charge in [0.15, 0.2) is 30.4 Å². The van der Waals surface area contributed by atoms with Crippen molar-refractivity contribution in [3.8, 4) is 11.5 Å². The van der Waals surface area contributed by atoms with E-state index in [4.69, 9.17) is 33.2 Å². The first-order chi connectivity index (χ1) is 27.5. The van der Waals surface area contributed by atoms with Crippen molar-refractivity contribution in [1.29, 1.82) is 0 Å². The van der Waals surface area contributed by atoms with Crippen LogP contribution in [0, 0.1) is 0 Å². The largest absolute Gasteiger partial charge is 0.507 e. The summed E-state index contributed by atoms with van der Waals surface area (Å²) in [5.41, 5.74) is -2.49. The number of aliphatic hydroxyl groups excluding tert-OH is 1. The van der Waals surface area contributed by atoms with Gasteiger partial charge >= 0.3 is 5.97 Å².